The minimum Gasteiger partial charge on any atom is -0.369 e. The van der Waals surface area contributed by atoms with Gasteiger partial charge in [0, 0.05) is 18.9 Å². The molecule has 5 heteroatoms. The lowest BCUT2D eigenvalue weighted by atomic mass is 10.4. The molecule has 0 fully saturated rings. The van der Waals surface area contributed by atoms with E-state index in [1.54, 1.807) is 12.5 Å². The van der Waals surface area contributed by atoms with E-state index >= 15 is 0 Å². The van der Waals surface area contributed by atoms with Gasteiger partial charge in [0.25, 0.3) is 0 Å². The van der Waals surface area contributed by atoms with Gasteiger partial charge in [-0.1, -0.05) is 0 Å². The molecule has 0 bridgehead atoms. The number of rotatable bonds is 2. The van der Waals surface area contributed by atoms with Crippen molar-refractivity contribution in [3.05, 3.63) is 30.1 Å². The number of aryl methyl sites for hydroxylation is 2. The van der Waals surface area contributed by atoms with Crippen molar-refractivity contribution < 1.29 is 0 Å². The molecule has 14 heavy (non-hydrogen) atoms. The maximum Gasteiger partial charge on any atom is 0.200 e. The lowest BCUT2D eigenvalue weighted by Crippen LogP contribution is -2.08. The first-order valence-electron chi connectivity index (χ1n) is 4.41. The average Bonchev–Trinajstić information content (AvgIpc) is 2.67. The fourth-order valence-corrected chi connectivity index (χ4v) is 1.38. The number of hydrogen-bond donors (Lipinski definition) is 1. The molecule has 0 aliphatic heterocycles. The molecule has 0 spiro atoms. The lowest BCUT2D eigenvalue weighted by molar-refractivity contribution is 0.715. The first kappa shape index (κ1) is 8.80. The Bertz CT molecular complexity index is 420. The van der Waals surface area contributed by atoms with Gasteiger partial charge in [-0.25, -0.2) is 9.97 Å². The first-order chi connectivity index (χ1) is 6.68. The Morgan fingerprint density at radius 2 is 2.21 bits per heavy atom. The largest absolute Gasteiger partial charge is 0.369 e. The van der Waals surface area contributed by atoms with E-state index in [1.807, 2.05) is 29.3 Å². The third-order valence-electron chi connectivity index (χ3n) is 2.32. The van der Waals surface area contributed by atoms with Crippen molar-refractivity contribution in [1.29, 1.82) is 0 Å². The van der Waals surface area contributed by atoms with E-state index in [-0.39, 0.29) is 0 Å². The predicted octanol–water partition coefficient (Wildman–Crippen LogP) is 0.556. The Kier molecular flexibility index (Phi) is 1.99. The smallest absolute Gasteiger partial charge is 0.200 e. The summed E-state index contributed by atoms with van der Waals surface area (Å²) >= 11 is 0. The van der Waals surface area contributed by atoms with Gasteiger partial charge in [0.05, 0.1) is 24.8 Å². The number of anilines is 1. The summed E-state index contributed by atoms with van der Waals surface area (Å²) < 4.78 is 3.93. The summed E-state index contributed by atoms with van der Waals surface area (Å²) in [7, 11) is 1.96. The number of nitrogens with zero attached hydrogens (tertiary/aromatic N) is 4. The van der Waals surface area contributed by atoms with Gasteiger partial charge >= 0.3 is 0 Å². The first-order valence-corrected chi connectivity index (χ1v) is 4.41. The molecule has 2 aromatic heterocycles. The van der Waals surface area contributed by atoms with Crippen LogP contribution in [0.15, 0.2) is 18.7 Å². The van der Waals surface area contributed by atoms with Crippen LogP contribution in [0.25, 0.3) is 0 Å². The molecule has 0 radical (unpaired) electrons. The Morgan fingerprint density at radius 3 is 2.71 bits per heavy atom. The van der Waals surface area contributed by atoms with Crippen molar-refractivity contribution in [2.75, 3.05) is 5.73 Å². The SMILES string of the molecule is Cc1cnc(N)n1Cc1cncn1C. The lowest BCUT2D eigenvalue weighted by Gasteiger charge is -2.07. The van der Waals surface area contributed by atoms with Crippen molar-refractivity contribution in [3.63, 3.8) is 0 Å². The van der Waals surface area contributed by atoms with Crippen molar-refractivity contribution in [2.24, 2.45) is 7.05 Å². The minimum atomic E-state index is 0.545. The summed E-state index contributed by atoms with van der Waals surface area (Å²) in [6.07, 6.45) is 5.38. The highest BCUT2D eigenvalue weighted by molar-refractivity contribution is 5.23. The van der Waals surface area contributed by atoms with E-state index in [0.29, 0.717) is 12.5 Å². The molecule has 0 amide bonds. The Balaban J connectivity index is 2.31. The molecule has 0 atom stereocenters. The highest BCUT2D eigenvalue weighted by Gasteiger charge is 2.05. The Labute approximate surface area is 82.2 Å². The molecular formula is C9H13N5. The van der Waals surface area contributed by atoms with E-state index in [2.05, 4.69) is 9.97 Å². The van der Waals surface area contributed by atoms with Crippen LogP contribution in [0.2, 0.25) is 0 Å². The number of imidazole rings is 2. The summed E-state index contributed by atoms with van der Waals surface area (Å²) in [4.78, 5) is 8.09. The standard InChI is InChI=1S/C9H13N5/c1-7-3-12-9(10)14(7)5-8-4-11-6-13(8)2/h3-4,6H,5H2,1-2H3,(H2,10,12). The topological polar surface area (TPSA) is 61.7 Å². The fraction of sp³-hybridized carbons (Fsp3) is 0.333. The quantitative estimate of drug-likeness (QED) is 0.754. The molecule has 0 aliphatic rings. The number of hydrogen-bond acceptors (Lipinski definition) is 3. The number of aromatic nitrogens is 4. The normalized spacial score (nSPS) is 10.7. The van der Waals surface area contributed by atoms with Crippen LogP contribution in [-0.2, 0) is 13.6 Å². The number of nitrogens with two attached hydrogens (primary N) is 1. The molecule has 0 unspecified atom stereocenters. The molecule has 0 aliphatic carbocycles. The van der Waals surface area contributed by atoms with Gasteiger partial charge in [0.2, 0.25) is 5.95 Å². The molecule has 0 saturated heterocycles. The maximum absolute atomic E-state index is 5.73. The van der Waals surface area contributed by atoms with E-state index in [1.165, 1.54) is 0 Å². The summed E-state index contributed by atoms with van der Waals surface area (Å²) in [5, 5.41) is 0. The summed E-state index contributed by atoms with van der Waals surface area (Å²) in [6, 6.07) is 0. The zero-order valence-electron chi connectivity index (χ0n) is 8.31. The molecule has 0 aromatic carbocycles. The highest BCUT2D eigenvalue weighted by Crippen LogP contribution is 2.09. The molecule has 74 valence electrons. The summed E-state index contributed by atoms with van der Waals surface area (Å²) in [5.74, 6) is 0.545. The van der Waals surface area contributed by atoms with E-state index < -0.39 is 0 Å². The van der Waals surface area contributed by atoms with Gasteiger partial charge < -0.3 is 14.9 Å². The third-order valence-corrected chi connectivity index (χ3v) is 2.32. The van der Waals surface area contributed by atoms with Gasteiger partial charge in [0.15, 0.2) is 0 Å². The Morgan fingerprint density at radius 1 is 1.43 bits per heavy atom. The van der Waals surface area contributed by atoms with Crippen LogP contribution >= 0.6 is 0 Å². The van der Waals surface area contributed by atoms with Gasteiger partial charge in [-0.05, 0) is 6.92 Å². The molecular weight excluding hydrogens is 178 g/mol. The second-order valence-electron chi connectivity index (χ2n) is 3.34. The van der Waals surface area contributed by atoms with Gasteiger partial charge in [-0.15, -0.1) is 0 Å². The van der Waals surface area contributed by atoms with Crippen LogP contribution in [0.1, 0.15) is 11.4 Å². The monoisotopic (exact) mass is 191 g/mol. The third kappa shape index (κ3) is 1.37. The molecule has 2 rings (SSSR count). The summed E-state index contributed by atoms with van der Waals surface area (Å²) in [5.41, 5.74) is 7.90. The average molecular weight is 191 g/mol. The van der Waals surface area contributed by atoms with Gasteiger partial charge in [-0.3, -0.25) is 0 Å². The summed E-state index contributed by atoms with van der Waals surface area (Å²) in [6.45, 7) is 2.70. The van der Waals surface area contributed by atoms with Crippen molar-refractivity contribution in [2.45, 2.75) is 13.5 Å². The van der Waals surface area contributed by atoms with Crippen LogP contribution in [-0.4, -0.2) is 19.1 Å². The van der Waals surface area contributed by atoms with Crippen molar-refractivity contribution in [3.8, 4) is 0 Å². The Hall–Kier alpha value is -1.78. The van der Waals surface area contributed by atoms with Crippen LogP contribution in [0, 0.1) is 6.92 Å². The van der Waals surface area contributed by atoms with E-state index in [0.717, 1.165) is 11.4 Å². The van der Waals surface area contributed by atoms with Crippen molar-refractivity contribution in [1.82, 2.24) is 19.1 Å². The highest BCUT2D eigenvalue weighted by atomic mass is 15.2. The van der Waals surface area contributed by atoms with Crippen LogP contribution in [0.5, 0.6) is 0 Å². The second kappa shape index (κ2) is 3.17. The molecule has 2 heterocycles. The zero-order valence-corrected chi connectivity index (χ0v) is 8.31. The van der Waals surface area contributed by atoms with Crippen LogP contribution in [0.4, 0.5) is 5.95 Å². The minimum absolute atomic E-state index is 0.545. The number of nitrogen functional groups attached to an aromatic ring is 1. The fourth-order valence-electron chi connectivity index (χ4n) is 1.38. The maximum atomic E-state index is 5.73. The van der Waals surface area contributed by atoms with Gasteiger partial charge in [-0.2, -0.15) is 0 Å². The van der Waals surface area contributed by atoms with Crippen LogP contribution in [0.3, 0.4) is 0 Å². The molecule has 5 nitrogen and oxygen atoms in total. The van der Waals surface area contributed by atoms with E-state index in [9.17, 15) is 0 Å². The van der Waals surface area contributed by atoms with E-state index in [4.69, 9.17) is 5.73 Å². The molecule has 2 N–H and O–H groups in total. The van der Waals surface area contributed by atoms with Crippen molar-refractivity contribution >= 4 is 5.95 Å². The second-order valence-corrected chi connectivity index (χ2v) is 3.34. The zero-order chi connectivity index (χ0) is 10.1. The van der Waals surface area contributed by atoms with Gasteiger partial charge in [0.1, 0.15) is 0 Å². The van der Waals surface area contributed by atoms with Crippen LogP contribution < -0.4 is 5.73 Å². The molecule has 2 aromatic rings. The molecule has 0 saturated carbocycles. The predicted molar refractivity (Wildman–Crippen MR) is 53.7 cm³/mol.